The van der Waals surface area contributed by atoms with Crippen molar-refractivity contribution >= 4 is 0 Å². The Morgan fingerprint density at radius 3 is 2.71 bits per heavy atom. The third kappa shape index (κ3) is 5.25. The van der Waals surface area contributed by atoms with Gasteiger partial charge in [0.25, 0.3) is 0 Å². The fourth-order valence-electron chi connectivity index (χ4n) is 3.33. The third-order valence-electron chi connectivity index (χ3n) is 4.33. The third-order valence-corrected chi connectivity index (χ3v) is 4.33. The lowest BCUT2D eigenvalue weighted by molar-refractivity contribution is 0.281. The van der Waals surface area contributed by atoms with E-state index in [1.165, 1.54) is 51.4 Å². The van der Waals surface area contributed by atoms with Crippen molar-refractivity contribution in [3.05, 3.63) is 12.7 Å². The number of rotatable bonds is 9. The molecule has 0 aromatic carbocycles. The Kier molecular flexibility index (Phi) is 7.59. The van der Waals surface area contributed by atoms with Crippen LogP contribution in [0.4, 0.5) is 0 Å². The van der Waals surface area contributed by atoms with Crippen LogP contribution in [0, 0.1) is 11.8 Å². The van der Waals surface area contributed by atoms with E-state index in [-0.39, 0.29) is 0 Å². The average molecular weight is 237 g/mol. The molecule has 0 bridgehead atoms. The van der Waals surface area contributed by atoms with Gasteiger partial charge in [-0.05, 0) is 44.1 Å². The fourth-order valence-corrected chi connectivity index (χ4v) is 3.33. The van der Waals surface area contributed by atoms with Crippen molar-refractivity contribution in [2.45, 2.75) is 71.3 Å². The highest BCUT2D eigenvalue weighted by molar-refractivity contribution is 4.84. The molecule has 1 nitrogen and oxygen atoms in total. The standard InChI is InChI=1S/C16H31N/c1-4-6-7-8-9-13-16(17-5-2)15-12-10-11-14(15)3/h4,14-17H,1,5-13H2,2-3H3. The Balaban J connectivity index is 2.24. The molecule has 1 aliphatic carbocycles. The molecule has 1 N–H and O–H groups in total. The van der Waals surface area contributed by atoms with Crippen molar-refractivity contribution in [1.82, 2.24) is 5.32 Å². The van der Waals surface area contributed by atoms with Crippen molar-refractivity contribution in [2.24, 2.45) is 11.8 Å². The molecule has 0 spiro atoms. The molecule has 100 valence electrons. The lowest BCUT2D eigenvalue weighted by atomic mass is 9.87. The summed E-state index contributed by atoms with van der Waals surface area (Å²) in [6, 6.07) is 0.779. The van der Waals surface area contributed by atoms with Crippen LogP contribution in [-0.2, 0) is 0 Å². The number of allylic oxidation sites excluding steroid dienone is 1. The summed E-state index contributed by atoms with van der Waals surface area (Å²) in [7, 11) is 0. The minimum absolute atomic E-state index is 0.779. The SMILES string of the molecule is C=CCCCCCC(NCC)C1CCCC1C. The Morgan fingerprint density at radius 2 is 2.12 bits per heavy atom. The first kappa shape index (κ1) is 14.8. The Labute approximate surface area is 108 Å². The predicted molar refractivity (Wildman–Crippen MR) is 77.3 cm³/mol. The maximum absolute atomic E-state index is 3.78. The van der Waals surface area contributed by atoms with Crippen LogP contribution in [0.3, 0.4) is 0 Å². The molecule has 1 heteroatoms. The molecule has 1 fully saturated rings. The monoisotopic (exact) mass is 237 g/mol. The predicted octanol–water partition coefficient (Wildman–Crippen LogP) is 4.54. The first-order chi connectivity index (χ1) is 8.29. The molecular formula is C16H31N. The lowest BCUT2D eigenvalue weighted by Gasteiger charge is -2.27. The zero-order valence-electron chi connectivity index (χ0n) is 11.9. The number of nitrogens with one attached hydrogen (secondary N) is 1. The van der Waals surface area contributed by atoms with E-state index >= 15 is 0 Å². The van der Waals surface area contributed by atoms with Gasteiger partial charge in [0.05, 0.1) is 0 Å². The second-order valence-electron chi connectivity index (χ2n) is 5.66. The number of hydrogen-bond donors (Lipinski definition) is 1. The topological polar surface area (TPSA) is 12.0 Å². The second-order valence-corrected chi connectivity index (χ2v) is 5.66. The van der Waals surface area contributed by atoms with E-state index in [0.29, 0.717) is 0 Å². The van der Waals surface area contributed by atoms with Crippen molar-refractivity contribution in [3.63, 3.8) is 0 Å². The van der Waals surface area contributed by atoms with Gasteiger partial charge < -0.3 is 5.32 Å². The normalized spacial score (nSPS) is 26.0. The van der Waals surface area contributed by atoms with Gasteiger partial charge in [-0.2, -0.15) is 0 Å². The Morgan fingerprint density at radius 1 is 1.29 bits per heavy atom. The molecule has 17 heavy (non-hydrogen) atoms. The van der Waals surface area contributed by atoms with Crippen LogP contribution in [0.15, 0.2) is 12.7 Å². The number of unbranched alkanes of at least 4 members (excludes halogenated alkanes) is 3. The molecule has 3 unspecified atom stereocenters. The average Bonchev–Trinajstić information content (AvgIpc) is 2.74. The van der Waals surface area contributed by atoms with E-state index in [2.05, 4.69) is 25.7 Å². The highest BCUT2D eigenvalue weighted by atomic mass is 14.9. The van der Waals surface area contributed by atoms with Crippen LogP contribution in [0.5, 0.6) is 0 Å². The van der Waals surface area contributed by atoms with Gasteiger partial charge in [0, 0.05) is 6.04 Å². The summed E-state index contributed by atoms with van der Waals surface area (Å²) in [4.78, 5) is 0. The molecule has 1 saturated carbocycles. The van der Waals surface area contributed by atoms with Crippen LogP contribution in [0.1, 0.15) is 65.2 Å². The summed E-state index contributed by atoms with van der Waals surface area (Å²) in [5.74, 6) is 1.88. The van der Waals surface area contributed by atoms with E-state index < -0.39 is 0 Å². The van der Waals surface area contributed by atoms with Gasteiger partial charge in [-0.25, -0.2) is 0 Å². The summed E-state index contributed by atoms with van der Waals surface area (Å²) >= 11 is 0. The lowest BCUT2D eigenvalue weighted by Crippen LogP contribution is -2.37. The van der Waals surface area contributed by atoms with Gasteiger partial charge in [-0.1, -0.05) is 45.6 Å². The fraction of sp³-hybridized carbons (Fsp3) is 0.875. The first-order valence-corrected chi connectivity index (χ1v) is 7.63. The molecule has 0 aliphatic heterocycles. The van der Waals surface area contributed by atoms with E-state index in [0.717, 1.165) is 24.4 Å². The van der Waals surface area contributed by atoms with Gasteiger partial charge in [0.15, 0.2) is 0 Å². The van der Waals surface area contributed by atoms with Gasteiger partial charge in [0.1, 0.15) is 0 Å². The summed E-state index contributed by atoms with van der Waals surface area (Å²) in [6.07, 6.45) is 13.0. The van der Waals surface area contributed by atoms with E-state index in [1.807, 2.05) is 6.08 Å². The van der Waals surface area contributed by atoms with Gasteiger partial charge in [0.2, 0.25) is 0 Å². The smallest absolute Gasteiger partial charge is 0.00977 e. The van der Waals surface area contributed by atoms with Crippen LogP contribution in [0.2, 0.25) is 0 Å². The molecule has 3 atom stereocenters. The zero-order valence-corrected chi connectivity index (χ0v) is 11.9. The largest absolute Gasteiger partial charge is 0.314 e. The van der Waals surface area contributed by atoms with Crippen molar-refractivity contribution < 1.29 is 0 Å². The molecule has 0 aromatic rings. The van der Waals surface area contributed by atoms with Crippen molar-refractivity contribution in [2.75, 3.05) is 6.54 Å². The van der Waals surface area contributed by atoms with Crippen LogP contribution < -0.4 is 5.32 Å². The summed E-state index contributed by atoms with van der Waals surface area (Å²) in [5, 5.41) is 3.73. The second kappa shape index (κ2) is 8.74. The van der Waals surface area contributed by atoms with E-state index in [1.54, 1.807) is 0 Å². The van der Waals surface area contributed by atoms with E-state index in [4.69, 9.17) is 0 Å². The van der Waals surface area contributed by atoms with Crippen molar-refractivity contribution in [1.29, 1.82) is 0 Å². The maximum atomic E-state index is 3.78. The maximum Gasteiger partial charge on any atom is 0.00977 e. The van der Waals surface area contributed by atoms with Crippen LogP contribution in [0.25, 0.3) is 0 Å². The Bertz CT molecular complexity index is 200. The van der Waals surface area contributed by atoms with Crippen molar-refractivity contribution in [3.8, 4) is 0 Å². The molecule has 1 rings (SSSR count). The van der Waals surface area contributed by atoms with Gasteiger partial charge >= 0.3 is 0 Å². The molecule has 0 amide bonds. The quantitative estimate of drug-likeness (QED) is 0.458. The Hall–Kier alpha value is -0.300. The molecule has 0 radical (unpaired) electrons. The minimum atomic E-state index is 0.779. The zero-order chi connectivity index (χ0) is 12.5. The highest BCUT2D eigenvalue weighted by Crippen LogP contribution is 2.35. The summed E-state index contributed by atoms with van der Waals surface area (Å²) < 4.78 is 0. The van der Waals surface area contributed by atoms with Gasteiger partial charge in [-0.3, -0.25) is 0 Å². The molecule has 0 saturated heterocycles. The van der Waals surface area contributed by atoms with Crippen LogP contribution in [-0.4, -0.2) is 12.6 Å². The molecule has 0 aromatic heterocycles. The van der Waals surface area contributed by atoms with E-state index in [9.17, 15) is 0 Å². The summed E-state index contributed by atoms with van der Waals surface area (Å²) in [5.41, 5.74) is 0. The molecule has 0 heterocycles. The molecular weight excluding hydrogens is 206 g/mol. The van der Waals surface area contributed by atoms with Gasteiger partial charge in [-0.15, -0.1) is 6.58 Å². The summed E-state index contributed by atoms with van der Waals surface area (Å²) in [6.45, 7) is 9.59. The van der Waals surface area contributed by atoms with Crippen LogP contribution >= 0.6 is 0 Å². The number of hydrogen-bond acceptors (Lipinski definition) is 1. The first-order valence-electron chi connectivity index (χ1n) is 7.63. The highest BCUT2D eigenvalue weighted by Gasteiger charge is 2.29. The minimum Gasteiger partial charge on any atom is -0.314 e. The molecule has 1 aliphatic rings.